The average molecular weight is 162 g/mol. The summed E-state index contributed by atoms with van der Waals surface area (Å²) in [6.07, 6.45) is 0. The number of nitrogens with two attached hydrogens (primary N) is 1. The molecule has 0 saturated carbocycles. The number of aromatic amines is 1. The Morgan fingerprint density at radius 1 is 1.33 bits per heavy atom. The van der Waals surface area contributed by atoms with Crippen LogP contribution in [0, 0.1) is 0 Å². The second-order valence-electron chi connectivity index (χ2n) is 2.86. The number of fused-ring (bicyclic) bond motifs is 1. The topological polar surface area (TPSA) is 67.6 Å². The molecule has 2 rings (SSSR count). The molecule has 0 fully saturated rings. The van der Waals surface area contributed by atoms with Crippen LogP contribution in [0.3, 0.4) is 0 Å². The van der Waals surface area contributed by atoms with Crippen molar-refractivity contribution in [3.05, 3.63) is 23.8 Å². The van der Waals surface area contributed by atoms with Crippen LogP contribution in [-0.4, -0.2) is 15.4 Å². The normalized spacial score (nSPS) is 13.5. The first-order valence-corrected chi connectivity index (χ1v) is 3.83. The van der Waals surface area contributed by atoms with E-state index in [0.29, 0.717) is 0 Å². The summed E-state index contributed by atoms with van der Waals surface area (Å²) in [5.41, 5.74) is 8.54. The van der Waals surface area contributed by atoms with Crippen LogP contribution < -0.4 is 5.73 Å². The summed E-state index contributed by atoms with van der Waals surface area (Å²) in [5.74, 6) is 0. The van der Waals surface area contributed by atoms with E-state index < -0.39 is 0 Å². The lowest BCUT2D eigenvalue weighted by molar-refractivity contribution is 0.819. The monoisotopic (exact) mass is 162 g/mol. The van der Waals surface area contributed by atoms with Crippen LogP contribution in [0.1, 0.15) is 18.5 Å². The molecule has 0 unspecified atom stereocenters. The Balaban J connectivity index is 2.60. The molecule has 1 aromatic heterocycles. The highest BCUT2D eigenvalue weighted by atomic mass is 15.3. The van der Waals surface area contributed by atoms with Crippen molar-refractivity contribution in [1.29, 1.82) is 0 Å². The van der Waals surface area contributed by atoms with E-state index in [4.69, 9.17) is 5.73 Å². The van der Waals surface area contributed by atoms with Gasteiger partial charge in [0, 0.05) is 6.04 Å². The van der Waals surface area contributed by atoms with Crippen molar-refractivity contribution in [2.75, 3.05) is 0 Å². The highest BCUT2D eigenvalue weighted by molar-refractivity contribution is 5.74. The molecule has 2 aromatic rings. The minimum absolute atomic E-state index is 0.0473. The predicted molar refractivity (Wildman–Crippen MR) is 46.5 cm³/mol. The molecular formula is C8H10N4. The van der Waals surface area contributed by atoms with Crippen molar-refractivity contribution in [3.8, 4) is 0 Å². The summed E-state index contributed by atoms with van der Waals surface area (Å²) < 4.78 is 0. The van der Waals surface area contributed by atoms with Crippen molar-refractivity contribution < 1.29 is 0 Å². The van der Waals surface area contributed by atoms with Crippen molar-refractivity contribution in [2.45, 2.75) is 13.0 Å². The molecule has 1 heterocycles. The lowest BCUT2D eigenvalue weighted by atomic mass is 10.1. The molecule has 62 valence electrons. The van der Waals surface area contributed by atoms with Crippen LogP contribution >= 0.6 is 0 Å². The fraction of sp³-hybridized carbons (Fsp3) is 0.250. The number of H-pyrrole nitrogens is 1. The number of benzene rings is 1. The second kappa shape index (κ2) is 2.57. The highest BCUT2D eigenvalue weighted by Crippen LogP contribution is 2.14. The fourth-order valence-corrected chi connectivity index (χ4v) is 1.14. The largest absolute Gasteiger partial charge is 0.324 e. The third kappa shape index (κ3) is 1.06. The molecule has 4 heteroatoms. The van der Waals surface area contributed by atoms with Crippen LogP contribution in [0.5, 0.6) is 0 Å². The zero-order chi connectivity index (χ0) is 8.55. The van der Waals surface area contributed by atoms with Gasteiger partial charge in [-0.1, -0.05) is 6.07 Å². The summed E-state index contributed by atoms with van der Waals surface area (Å²) >= 11 is 0. The first-order chi connectivity index (χ1) is 5.77. The van der Waals surface area contributed by atoms with Gasteiger partial charge < -0.3 is 5.73 Å². The molecule has 12 heavy (non-hydrogen) atoms. The zero-order valence-corrected chi connectivity index (χ0v) is 6.78. The molecule has 0 aliphatic rings. The zero-order valence-electron chi connectivity index (χ0n) is 6.78. The average Bonchev–Trinajstić information content (AvgIpc) is 2.49. The predicted octanol–water partition coefficient (Wildman–Crippen LogP) is 0.978. The molecule has 0 saturated heterocycles. The van der Waals surface area contributed by atoms with Gasteiger partial charge in [0.2, 0.25) is 0 Å². The number of nitrogens with one attached hydrogen (secondary N) is 1. The van der Waals surface area contributed by atoms with E-state index in [0.717, 1.165) is 16.6 Å². The van der Waals surface area contributed by atoms with Gasteiger partial charge in [0.15, 0.2) is 0 Å². The van der Waals surface area contributed by atoms with Gasteiger partial charge in [-0.3, -0.25) is 0 Å². The van der Waals surface area contributed by atoms with Crippen LogP contribution in [0.25, 0.3) is 11.0 Å². The second-order valence-corrected chi connectivity index (χ2v) is 2.86. The first kappa shape index (κ1) is 7.24. The minimum atomic E-state index is 0.0473. The number of hydrogen-bond donors (Lipinski definition) is 2. The summed E-state index contributed by atoms with van der Waals surface area (Å²) in [6, 6.07) is 5.88. The molecule has 0 aliphatic heterocycles. The van der Waals surface area contributed by atoms with Gasteiger partial charge in [-0.25, -0.2) is 0 Å². The molecule has 1 atom stereocenters. The maximum atomic E-state index is 5.72. The molecule has 4 nitrogen and oxygen atoms in total. The van der Waals surface area contributed by atoms with E-state index in [-0.39, 0.29) is 6.04 Å². The van der Waals surface area contributed by atoms with Gasteiger partial charge in [0.1, 0.15) is 11.0 Å². The highest BCUT2D eigenvalue weighted by Gasteiger charge is 2.02. The minimum Gasteiger partial charge on any atom is -0.324 e. The van der Waals surface area contributed by atoms with Crippen LogP contribution in [0.4, 0.5) is 0 Å². The van der Waals surface area contributed by atoms with Gasteiger partial charge in [-0.05, 0) is 24.6 Å². The van der Waals surface area contributed by atoms with Crippen molar-refractivity contribution in [1.82, 2.24) is 15.4 Å². The molecule has 0 bridgehead atoms. The van der Waals surface area contributed by atoms with Gasteiger partial charge in [-0.15, -0.1) is 0 Å². The fourth-order valence-electron chi connectivity index (χ4n) is 1.14. The molecule has 1 aromatic carbocycles. The number of rotatable bonds is 1. The van der Waals surface area contributed by atoms with E-state index in [9.17, 15) is 0 Å². The Morgan fingerprint density at radius 3 is 2.83 bits per heavy atom. The molecule has 0 aliphatic carbocycles. The number of aromatic nitrogens is 3. The van der Waals surface area contributed by atoms with Crippen LogP contribution in [0.15, 0.2) is 18.2 Å². The Kier molecular flexibility index (Phi) is 1.55. The van der Waals surface area contributed by atoms with Crippen molar-refractivity contribution in [2.24, 2.45) is 5.73 Å². The first-order valence-electron chi connectivity index (χ1n) is 3.83. The van der Waals surface area contributed by atoms with Crippen LogP contribution in [-0.2, 0) is 0 Å². The lowest BCUT2D eigenvalue weighted by Gasteiger charge is -2.02. The van der Waals surface area contributed by atoms with Gasteiger partial charge >= 0.3 is 0 Å². The summed E-state index contributed by atoms with van der Waals surface area (Å²) in [5, 5.41) is 10.5. The van der Waals surface area contributed by atoms with Crippen molar-refractivity contribution >= 4 is 11.0 Å². The van der Waals surface area contributed by atoms with Gasteiger partial charge in [0.25, 0.3) is 0 Å². The van der Waals surface area contributed by atoms with E-state index in [1.807, 2.05) is 25.1 Å². The van der Waals surface area contributed by atoms with Gasteiger partial charge in [-0.2, -0.15) is 15.4 Å². The van der Waals surface area contributed by atoms with Crippen molar-refractivity contribution in [3.63, 3.8) is 0 Å². The Hall–Kier alpha value is -1.42. The number of hydrogen-bond acceptors (Lipinski definition) is 3. The molecule has 0 amide bonds. The maximum absolute atomic E-state index is 5.72. The van der Waals surface area contributed by atoms with E-state index in [1.165, 1.54) is 0 Å². The van der Waals surface area contributed by atoms with Crippen LogP contribution in [0.2, 0.25) is 0 Å². The summed E-state index contributed by atoms with van der Waals surface area (Å²) in [7, 11) is 0. The Bertz CT molecular complexity index is 391. The third-order valence-corrected chi connectivity index (χ3v) is 1.87. The maximum Gasteiger partial charge on any atom is 0.113 e. The smallest absolute Gasteiger partial charge is 0.113 e. The quantitative estimate of drug-likeness (QED) is 0.656. The van der Waals surface area contributed by atoms with E-state index in [2.05, 4.69) is 15.4 Å². The molecule has 0 radical (unpaired) electrons. The summed E-state index contributed by atoms with van der Waals surface area (Å²) in [6.45, 7) is 1.95. The SMILES string of the molecule is C[C@H](N)c1ccc2n[nH]nc2c1. The molecular weight excluding hydrogens is 152 g/mol. The third-order valence-electron chi connectivity index (χ3n) is 1.87. The number of nitrogens with zero attached hydrogens (tertiary/aromatic N) is 2. The van der Waals surface area contributed by atoms with E-state index >= 15 is 0 Å². The standard InChI is InChI=1S/C8H10N4/c1-5(9)6-2-3-7-8(4-6)11-12-10-7/h2-5H,9H2,1H3,(H,10,11,12)/t5-/m0/s1. The summed E-state index contributed by atoms with van der Waals surface area (Å²) in [4.78, 5) is 0. The Morgan fingerprint density at radius 2 is 2.08 bits per heavy atom. The lowest BCUT2D eigenvalue weighted by Crippen LogP contribution is -2.04. The Labute approximate surface area is 69.8 Å². The van der Waals surface area contributed by atoms with Gasteiger partial charge in [0.05, 0.1) is 0 Å². The molecule has 0 spiro atoms. The van der Waals surface area contributed by atoms with E-state index in [1.54, 1.807) is 0 Å². The molecule has 3 N–H and O–H groups in total.